The van der Waals surface area contributed by atoms with Gasteiger partial charge in [0, 0.05) is 28.8 Å². The Morgan fingerprint density at radius 3 is 2.44 bits per heavy atom. The van der Waals surface area contributed by atoms with Crippen LogP contribution in [0.4, 0.5) is 0 Å². The summed E-state index contributed by atoms with van der Waals surface area (Å²) in [5.41, 5.74) is 1.51. The molecule has 3 heteroatoms. The number of nitrogens with one attached hydrogen (secondary N) is 1. The van der Waals surface area contributed by atoms with Gasteiger partial charge in [-0.25, -0.2) is 0 Å². The predicted molar refractivity (Wildman–Crippen MR) is 81.7 cm³/mol. The van der Waals surface area contributed by atoms with Gasteiger partial charge < -0.3 is 5.32 Å². The fourth-order valence-corrected chi connectivity index (χ4v) is 2.10. The highest BCUT2D eigenvalue weighted by molar-refractivity contribution is 9.10. The van der Waals surface area contributed by atoms with Gasteiger partial charge in [0.15, 0.2) is 0 Å². The molecule has 1 aromatic heterocycles. The van der Waals surface area contributed by atoms with E-state index in [4.69, 9.17) is 0 Å². The smallest absolute Gasteiger partial charge is 0.0419 e. The molecule has 102 valence electrons. The molecule has 0 bridgehead atoms. The molecule has 0 aliphatic carbocycles. The van der Waals surface area contributed by atoms with Crippen LogP contribution in [0.1, 0.15) is 39.8 Å². The minimum absolute atomic E-state index is 0.363. The monoisotopic (exact) mass is 312 g/mol. The molecular weight excluding hydrogens is 288 g/mol. The fourth-order valence-electron chi connectivity index (χ4n) is 1.86. The zero-order valence-corrected chi connectivity index (χ0v) is 13.7. The number of nitrogens with zero attached hydrogens (tertiary/aromatic N) is 1. The van der Waals surface area contributed by atoms with Crippen molar-refractivity contribution in [2.24, 2.45) is 11.3 Å². The molecule has 0 saturated carbocycles. The summed E-state index contributed by atoms with van der Waals surface area (Å²) in [7, 11) is 2.04. The second kappa shape index (κ2) is 6.67. The van der Waals surface area contributed by atoms with E-state index in [1.54, 1.807) is 0 Å². The SMILES string of the molecule is CNC(Cc1ccc(Br)cn1)CC(C)C(C)(C)C. The Morgan fingerprint density at radius 1 is 1.33 bits per heavy atom. The number of halogens is 1. The topological polar surface area (TPSA) is 24.9 Å². The summed E-state index contributed by atoms with van der Waals surface area (Å²) < 4.78 is 1.04. The van der Waals surface area contributed by atoms with Crippen LogP contribution in [0.25, 0.3) is 0 Å². The molecule has 1 N–H and O–H groups in total. The van der Waals surface area contributed by atoms with Crippen LogP contribution in [0.2, 0.25) is 0 Å². The third kappa shape index (κ3) is 5.07. The summed E-state index contributed by atoms with van der Waals surface area (Å²) >= 11 is 3.42. The van der Waals surface area contributed by atoms with E-state index in [-0.39, 0.29) is 0 Å². The normalized spacial score (nSPS) is 15.4. The van der Waals surface area contributed by atoms with Crippen molar-refractivity contribution in [1.29, 1.82) is 0 Å². The zero-order valence-electron chi connectivity index (χ0n) is 12.1. The van der Waals surface area contributed by atoms with Crippen molar-refractivity contribution in [2.45, 2.75) is 46.6 Å². The first kappa shape index (κ1) is 15.6. The lowest BCUT2D eigenvalue weighted by Crippen LogP contribution is -2.33. The molecule has 0 radical (unpaired) electrons. The van der Waals surface area contributed by atoms with Crippen LogP contribution < -0.4 is 5.32 Å². The first-order valence-electron chi connectivity index (χ1n) is 6.60. The highest BCUT2D eigenvalue weighted by Gasteiger charge is 2.23. The largest absolute Gasteiger partial charge is 0.317 e. The second-order valence-corrected chi connectivity index (χ2v) is 7.08. The summed E-state index contributed by atoms with van der Waals surface area (Å²) in [6.45, 7) is 9.26. The average molecular weight is 313 g/mol. The minimum atomic E-state index is 0.363. The lowest BCUT2D eigenvalue weighted by molar-refractivity contribution is 0.224. The number of hydrogen-bond acceptors (Lipinski definition) is 2. The quantitative estimate of drug-likeness (QED) is 0.887. The van der Waals surface area contributed by atoms with E-state index in [2.05, 4.69) is 66.1 Å². The number of hydrogen-bond donors (Lipinski definition) is 1. The van der Waals surface area contributed by atoms with Gasteiger partial charge in [-0.05, 0) is 52.9 Å². The Balaban J connectivity index is 2.59. The lowest BCUT2D eigenvalue weighted by atomic mass is 9.78. The second-order valence-electron chi connectivity index (χ2n) is 6.16. The van der Waals surface area contributed by atoms with Crippen molar-refractivity contribution in [2.75, 3.05) is 7.05 Å². The molecule has 0 spiro atoms. The van der Waals surface area contributed by atoms with E-state index < -0.39 is 0 Å². The summed E-state index contributed by atoms with van der Waals surface area (Å²) in [4.78, 5) is 4.45. The van der Waals surface area contributed by atoms with E-state index in [0.29, 0.717) is 17.4 Å². The van der Waals surface area contributed by atoms with Gasteiger partial charge in [-0.3, -0.25) is 4.98 Å². The van der Waals surface area contributed by atoms with Gasteiger partial charge in [0.25, 0.3) is 0 Å². The molecule has 1 heterocycles. The molecule has 0 saturated heterocycles. The highest BCUT2D eigenvalue weighted by Crippen LogP contribution is 2.29. The van der Waals surface area contributed by atoms with Crippen LogP contribution in [0.15, 0.2) is 22.8 Å². The van der Waals surface area contributed by atoms with Gasteiger partial charge in [-0.15, -0.1) is 0 Å². The maximum absolute atomic E-state index is 4.45. The lowest BCUT2D eigenvalue weighted by Gasteiger charge is -2.30. The Hall–Kier alpha value is -0.410. The third-order valence-corrected chi connectivity index (χ3v) is 4.24. The maximum Gasteiger partial charge on any atom is 0.0419 e. The molecule has 0 aliphatic heterocycles. The molecule has 1 aromatic rings. The van der Waals surface area contributed by atoms with Crippen LogP contribution in [0, 0.1) is 11.3 Å². The van der Waals surface area contributed by atoms with Gasteiger partial charge in [-0.1, -0.05) is 27.7 Å². The molecule has 0 aromatic carbocycles. The molecular formula is C15H25BrN2. The van der Waals surface area contributed by atoms with Gasteiger partial charge in [0.2, 0.25) is 0 Å². The van der Waals surface area contributed by atoms with E-state index >= 15 is 0 Å². The predicted octanol–water partition coefficient (Wildman–Crippen LogP) is 4.05. The fraction of sp³-hybridized carbons (Fsp3) is 0.667. The summed E-state index contributed by atoms with van der Waals surface area (Å²) in [6, 6.07) is 4.64. The van der Waals surface area contributed by atoms with E-state index in [9.17, 15) is 0 Å². The number of aromatic nitrogens is 1. The molecule has 2 atom stereocenters. The molecule has 2 nitrogen and oxygen atoms in total. The summed E-state index contributed by atoms with van der Waals surface area (Å²) in [5.74, 6) is 0.686. The van der Waals surface area contributed by atoms with Crippen molar-refractivity contribution in [3.05, 3.63) is 28.5 Å². The Morgan fingerprint density at radius 2 is 2.00 bits per heavy atom. The van der Waals surface area contributed by atoms with Crippen LogP contribution in [0.5, 0.6) is 0 Å². The molecule has 0 aliphatic rings. The standard InChI is InChI=1S/C15H25BrN2/c1-11(15(2,3)4)8-14(17-5)9-13-7-6-12(16)10-18-13/h6-7,10-11,14,17H,8-9H2,1-5H3. The number of rotatable bonds is 5. The zero-order chi connectivity index (χ0) is 13.8. The van der Waals surface area contributed by atoms with E-state index in [1.165, 1.54) is 6.42 Å². The minimum Gasteiger partial charge on any atom is -0.317 e. The van der Waals surface area contributed by atoms with Crippen LogP contribution in [-0.2, 0) is 6.42 Å². The number of pyridine rings is 1. The van der Waals surface area contributed by atoms with Crippen molar-refractivity contribution in [3.8, 4) is 0 Å². The Kier molecular flexibility index (Phi) is 5.80. The van der Waals surface area contributed by atoms with Gasteiger partial charge in [0.1, 0.15) is 0 Å². The average Bonchev–Trinajstić information content (AvgIpc) is 2.29. The molecule has 0 fully saturated rings. The van der Waals surface area contributed by atoms with E-state index in [0.717, 1.165) is 16.6 Å². The van der Waals surface area contributed by atoms with Crippen molar-refractivity contribution < 1.29 is 0 Å². The third-order valence-electron chi connectivity index (χ3n) is 3.77. The van der Waals surface area contributed by atoms with Gasteiger partial charge >= 0.3 is 0 Å². The molecule has 0 amide bonds. The summed E-state index contributed by atoms with van der Waals surface area (Å²) in [5, 5.41) is 3.42. The van der Waals surface area contributed by atoms with E-state index in [1.807, 2.05) is 13.2 Å². The maximum atomic E-state index is 4.45. The molecule has 2 unspecified atom stereocenters. The van der Waals surface area contributed by atoms with Crippen molar-refractivity contribution in [1.82, 2.24) is 10.3 Å². The Labute approximate surface area is 120 Å². The Bertz CT molecular complexity index is 354. The first-order chi connectivity index (χ1) is 8.32. The van der Waals surface area contributed by atoms with Gasteiger partial charge in [0.05, 0.1) is 0 Å². The first-order valence-corrected chi connectivity index (χ1v) is 7.40. The van der Waals surface area contributed by atoms with Crippen LogP contribution in [0.3, 0.4) is 0 Å². The number of likely N-dealkylation sites (N-methyl/N-ethyl adjacent to an activating group) is 1. The van der Waals surface area contributed by atoms with Crippen molar-refractivity contribution in [3.63, 3.8) is 0 Å². The molecule has 18 heavy (non-hydrogen) atoms. The van der Waals surface area contributed by atoms with Gasteiger partial charge in [-0.2, -0.15) is 0 Å². The highest BCUT2D eigenvalue weighted by atomic mass is 79.9. The van der Waals surface area contributed by atoms with Crippen LogP contribution in [-0.4, -0.2) is 18.1 Å². The van der Waals surface area contributed by atoms with Crippen LogP contribution >= 0.6 is 15.9 Å². The van der Waals surface area contributed by atoms with Crippen molar-refractivity contribution >= 4 is 15.9 Å². The molecule has 1 rings (SSSR count). The summed E-state index contributed by atoms with van der Waals surface area (Å²) in [6.07, 6.45) is 4.04.